The van der Waals surface area contributed by atoms with Crippen molar-refractivity contribution >= 4 is 11.6 Å². The molecule has 0 aliphatic heterocycles. The van der Waals surface area contributed by atoms with Gasteiger partial charge in [-0.2, -0.15) is 5.10 Å². The van der Waals surface area contributed by atoms with E-state index in [2.05, 4.69) is 17.3 Å². The average Bonchev–Trinajstić information content (AvgIpc) is 2.68. The van der Waals surface area contributed by atoms with E-state index in [4.69, 9.17) is 11.6 Å². The molecule has 2 N–H and O–H groups in total. The molecule has 1 aromatic rings. The molecule has 0 bridgehead atoms. The van der Waals surface area contributed by atoms with E-state index in [-0.39, 0.29) is 6.10 Å². The highest BCUT2D eigenvalue weighted by molar-refractivity contribution is 6.31. The van der Waals surface area contributed by atoms with Crippen molar-refractivity contribution in [3.63, 3.8) is 0 Å². The van der Waals surface area contributed by atoms with Crippen molar-refractivity contribution in [3.05, 3.63) is 16.4 Å². The summed E-state index contributed by atoms with van der Waals surface area (Å²) in [6, 6.07) is 0. The Morgan fingerprint density at radius 3 is 2.63 bits per heavy atom. The predicted molar refractivity (Wildman–Crippen MR) is 77.3 cm³/mol. The lowest BCUT2D eigenvalue weighted by molar-refractivity contribution is 0.108. The summed E-state index contributed by atoms with van der Waals surface area (Å²) in [5, 5.41) is 18.2. The standard InChI is InChI=1S/C14H24ClN3O/c1-3-12-14(15)13(18(2)17-12)9-16-8-10-4-6-11(19)7-5-10/h10-11,16,19H,3-9H2,1-2H3. The van der Waals surface area contributed by atoms with E-state index in [1.54, 1.807) is 0 Å². The van der Waals surface area contributed by atoms with Gasteiger partial charge in [0.1, 0.15) is 0 Å². The van der Waals surface area contributed by atoms with Gasteiger partial charge in [0, 0.05) is 13.6 Å². The highest BCUT2D eigenvalue weighted by atomic mass is 35.5. The number of aromatic nitrogens is 2. The largest absolute Gasteiger partial charge is 0.393 e. The smallest absolute Gasteiger partial charge is 0.0863 e. The maximum atomic E-state index is 9.48. The molecular formula is C14H24ClN3O. The molecule has 1 aliphatic carbocycles. The number of halogens is 1. The first-order chi connectivity index (χ1) is 9.11. The third-order valence-corrected chi connectivity index (χ3v) is 4.48. The maximum absolute atomic E-state index is 9.48. The van der Waals surface area contributed by atoms with Crippen LogP contribution in [0.25, 0.3) is 0 Å². The van der Waals surface area contributed by atoms with Crippen LogP contribution in [0.2, 0.25) is 5.02 Å². The Morgan fingerprint density at radius 2 is 2.05 bits per heavy atom. The summed E-state index contributed by atoms with van der Waals surface area (Å²) >= 11 is 6.31. The fraction of sp³-hybridized carbons (Fsp3) is 0.786. The lowest BCUT2D eigenvalue weighted by Crippen LogP contribution is -2.28. The van der Waals surface area contributed by atoms with E-state index in [9.17, 15) is 5.11 Å². The summed E-state index contributed by atoms with van der Waals surface area (Å²) in [6.07, 6.45) is 4.92. The van der Waals surface area contributed by atoms with Crippen LogP contribution in [0.5, 0.6) is 0 Å². The monoisotopic (exact) mass is 285 g/mol. The van der Waals surface area contributed by atoms with Crippen LogP contribution in [0.1, 0.15) is 44.0 Å². The Balaban J connectivity index is 1.81. The van der Waals surface area contributed by atoms with E-state index in [0.717, 1.165) is 61.6 Å². The van der Waals surface area contributed by atoms with Crippen LogP contribution in [0.4, 0.5) is 0 Å². The first-order valence-electron chi connectivity index (χ1n) is 7.20. The van der Waals surface area contributed by atoms with Crippen LogP contribution in [-0.2, 0) is 20.0 Å². The van der Waals surface area contributed by atoms with Crippen molar-refractivity contribution in [1.82, 2.24) is 15.1 Å². The Hall–Kier alpha value is -0.580. The maximum Gasteiger partial charge on any atom is 0.0863 e. The molecule has 0 radical (unpaired) electrons. The summed E-state index contributed by atoms with van der Waals surface area (Å²) in [5.41, 5.74) is 2.04. The van der Waals surface area contributed by atoms with Gasteiger partial charge in [-0.3, -0.25) is 4.68 Å². The minimum Gasteiger partial charge on any atom is -0.393 e. The Labute approximate surface area is 120 Å². The highest BCUT2D eigenvalue weighted by Gasteiger charge is 2.19. The van der Waals surface area contributed by atoms with E-state index in [0.29, 0.717) is 5.92 Å². The number of aryl methyl sites for hydroxylation is 2. The third kappa shape index (κ3) is 3.71. The lowest BCUT2D eigenvalue weighted by atomic mass is 9.87. The first kappa shape index (κ1) is 14.8. The van der Waals surface area contributed by atoms with E-state index in [1.165, 1.54) is 0 Å². The van der Waals surface area contributed by atoms with Gasteiger partial charge in [0.2, 0.25) is 0 Å². The number of rotatable bonds is 5. The molecule has 0 saturated heterocycles. The van der Waals surface area contributed by atoms with Gasteiger partial charge >= 0.3 is 0 Å². The predicted octanol–water partition coefficient (Wildman–Crippen LogP) is 2.28. The van der Waals surface area contributed by atoms with Crippen LogP contribution in [-0.4, -0.2) is 27.5 Å². The van der Waals surface area contributed by atoms with Crippen LogP contribution in [0.15, 0.2) is 0 Å². The fourth-order valence-corrected chi connectivity index (χ4v) is 3.12. The minimum atomic E-state index is -0.0742. The first-order valence-corrected chi connectivity index (χ1v) is 7.58. The van der Waals surface area contributed by atoms with Crippen molar-refractivity contribution in [3.8, 4) is 0 Å². The zero-order chi connectivity index (χ0) is 13.8. The Morgan fingerprint density at radius 1 is 1.37 bits per heavy atom. The van der Waals surface area contributed by atoms with Gasteiger partial charge in [0.15, 0.2) is 0 Å². The number of hydrogen-bond acceptors (Lipinski definition) is 3. The molecule has 0 spiro atoms. The molecule has 0 atom stereocenters. The second-order valence-electron chi connectivity index (χ2n) is 5.49. The zero-order valence-electron chi connectivity index (χ0n) is 11.8. The summed E-state index contributed by atoms with van der Waals surface area (Å²) in [6.45, 7) is 3.83. The summed E-state index contributed by atoms with van der Waals surface area (Å²) in [4.78, 5) is 0. The van der Waals surface area contributed by atoms with Gasteiger partial charge in [-0.25, -0.2) is 0 Å². The van der Waals surface area contributed by atoms with Gasteiger partial charge in [-0.05, 0) is 44.6 Å². The number of aliphatic hydroxyl groups excluding tert-OH is 1. The fourth-order valence-electron chi connectivity index (χ4n) is 2.76. The van der Waals surface area contributed by atoms with Crippen LogP contribution >= 0.6 is 11.6 Å². The normalized spacial score (nSPS) is 23.8. The zero-order valence-corrected chi connectivity index (χ0v) is 12.6. The molecule has 0 aromatic carbocycles. The molecule has 1 aromatic heterocycles. The molecule has 5 heteroatoms. The van der Waals surface area contributed by atoms with E-state index < -0.39 is 0 Å². The van der Waals surface area contributed by atoms with Gasteiger partial charge in [-0.15, -0.1) is 0 Å². The molecular weight excluding hydrogens is 262 g/mol. The third-order valence-electron chi connectivity index (χ3n) is 4.04. The summed E-state index contributed by atoms with van der Waals surface area (Å²) in [7, 11) is 1.94. The Bertz CT molecular complexity index is 411. The molecule has 108 valence electrons. The molecule has 19 heavy (non-hydrogen) atoms. The van der Waals surface area contributed by atoms with Crippen molar-refractivity contribution in [2.24, 2.45) is 13.0 Å². The minimum absolute atomic E-state index is 0.0742. The van der Waals surface area contributed by atoms with Gasteiger partial charge in [0.05, 0.1) is 22.5 Å². The van der Waals surface area contributed by atoms with Crippen LogP contribution in [0, 0.1) is 5.92 Å². The molecule has 2 rings (SSSR count). The molecule has 1 aliphatic rings. The summed E-state index contributed by atoms with van der Waals surface area (Å²) in [5.74, 6) is 0.682. The van der Waals surface area contributed by atoms with E-state index >= 15 is 0 Å². The summed E-state index contributed by atoms with van der Waals surface area (Å²) < 4.78 is 1.87. The van der Waals surface area contributed by atoms with E-state index in [1.807, 2.05) is 11.7 Å². The second kappa shape index (κ2) is 6.73. The topological polar surface area (TPSA) is 50.1 Å². The number of nitrogens with one attached hydrogen (secondary N) is 1. The second-order valence-corrected chi connectivity index (χ2v) is 5.87. The van der Waals surface area contributed by atoms with Crippen molar-refractivity contribution in [1.29, 1.82) is 0 Å². The van der Waals surface area contributed by atoms with Crippen molar-refractivity contribution in [2.75, 3.05) is 6.54 Å². The van der Waals surface area contributed by atoms with Gasteiger partial charge < -0.3 is 10.4 Å². The van der Waals surface area contributed by atoms with Gasteiger partial charge in [0.25, 0.3) is 0 Å². The highest BCUT2D eigenvalue weighted by Crippen LogP contribution is 2.24. The molecule has 0 amide bonds. The Kier molecular flexibility index (Phi) is 5.25. The average molecular weight is 286 g/mol. The quantitative estimate of drug-likeness (QED) is 0.873. The van der Waals surface area contributed by atoms with Crippen molar-refractivity contribution < 1.29 is 5.11 Å². The van der Waals surface area contributed by atoms with Crippen LogP contribution in [0.3, 0.4) is 0 Å². The number of aliphatic hydroxyl groups is 1. The SMILES string of the molecule is CCc1nn(C)c(CNCC2CCC(O)CC2)c1Cl. The molecule has 1 heterocycles. The van der Waals surface area contributed by atoms with Crippen molar-refractivity contribution in [2.45, 2.75) is 51.7 Å². The lowest BCUT2D eigenvalue weighted by Gasteiger charge is -2.25. The molecule has 1 fully saturated rings. The number of nitrogens with zero attached hydrogens (tertiary/aromatic N) is 2. The molecule has 0 unspecified atom stereocenters. The van der Waals surface area contributed by atoms with Crippen LogP contribution < -0.4 is 5.32 Å². The molecule has 1 saturated carbocycles. The number of hydrogen-bond donors (Lipinski definition) is 2. The van der Waals surface area contributed by atoms with Gasteiger partial charge in [-0.1, -0.05) is 18.5 Å². The molecule has 4 nitrogen and oxygen atoms in total.